The number of benzene rings is 1. The summed E-state index contributed by atoms with van der Waals surface area (Å²) in [7, 11) is 3.94. The molecule has 122 valence electrons. The van der Waals surface area contributed by atoms with Crippen LogP contribution < -0.4 is 10.2 Å². The third-order valence-corrected chi connectivity index (χ3v) is 3.95. The van der Waals surface area contributed by atoms with Crippen molar-refractivity contribution in [2.45, 2.75) is 26.3 Å². The molecule has 0 fully saturated rings. The van der Waals surface area contributed by atoms with Gasteiger partial charge >= 0.3 is 6.09 Å². The van der Waals surface area contributed by atoms with Gasteiger partial charge in [-0.2, -0.15) is 5.10 Å². The van der Waals surface area contributed by atoms with Gasteiger partial charge in [0.05, 0.1) is 23.7 Å². The summed E-state index contributed by atoms with van der Waals surface area (Å²) in [5.74, 6) is 0. The number of carbonyl (C=O) groups is 1. The lowest BCUT2D eigenvalue weighted by atomic mass is 9.99. The van der Waals surface area contributed by atoms with E-state index in [0.717, 1.165) is 42.0 Å². The molecule has 0 aliphatic carbocycles. The van der Waals surface area contributed by atoms with Crippen molar-refractivity contribution in [3.8, 4) is 11.3 Å². The topological polar surface area (TPSA) is 59.4 Å². The first-order valence-electron chi connectivity index (χ1n) is 7.91. The largest absolute Gasteiger partial charge is 0.449 e. The van der Waals surface area contributed by atoms with Gasteiger partial charge in [0.15, 0.2) is 0 Å². The van der Waals surface area contributed by atoms with Gasteiger partial charge < -0.3 is 9.64 Å². The molecule has 0 saturated heterocycles. The van der Waals surface area contributed by atoms with Crippen molar-refractivity contribution in [2.24, 2.45) is 7.05 Å². The zero-order valence-corrected chi connectivity index (χ0v) is 13.8. The number of anilines is 2. The van der Waals surface area contributed by atoms with E-state index in [0.29, 0.717) is 6.61 Å². The number of amides is 1. The van der Waals surface area contributed by atoms with Crippen molar-refractivity contribution < 1.29 is 9.53 Å². The maximum absolute atomic E-state index is 12.0. The second-order valence-corrected chi connectivity index (χ2v) is 5.85. The van der Waals surface area contributed by atoms with Gasteiger partial charge in [0.25, 0.3) is 0 Å². The highest BCUT2D eigenvalue weighted by Crippen LogP contribution is 2.42. The molecule has 0 spiro atoms. The number of hydrogen-bond acceptors (Lipinski definition) is 4. The molecule has 1 aliphatic heterocycles. The van der Waals surface area contributed by atoms with Crippen LogP contribution in [0.5, 0.6) is 0 Å². The highest BCUT2D eigenvalue weighted by Gasteiger charge is 2.25. The second-order valence-electron chi connectivity index (χ2n) is 5.85. The van der Waals surface area contributed by atoms with E-state index in [4.69, 9.17) is 4.74 Å². The summed E-state index contributed by atoms with van der Waals surface area (Å²) in [5, 5.41) is 7.41. The molecule has 2 aromatic rings. The second kappa shape index (κ2) is 6.32. The smallest absolute Gasteiger partial charge is 0.411 e. The van der Waals surface area contributed by atoms with Crippen LogP contribution in [0.2, 0.25) is 0 Å². The number of unbranched alkanes of at least 4 members (excludes halogenated alkanes) is 1. The number of fused-ring (bicyclic) bond motifs is 3. The van der Waals surface area contributed by atoms with E-state index in [1.165, 1.54) is 5.56 Å². The molecule has 1 N–H and O–H groups in total. The molecule has 0 unspecified atom stereocenters. The Labute approximate surface area is 136 Å². The highest BCUT2D eigenvalue weighted by atomic mass is 16.5. The number of aryl methyl sites for hydroxylation is 1. The fourth-order valence-electron chi connectivity index (χ4n) is 2.92. The van der Waals surface area contributed by atoms with Crippen molar-refractivity contribution in [3.63, 3.8) is 0 Å². The molecule has 23 heavy (non-hydrogen) atoms. The lowest BCUT2D eigenvalue weighted by Crippen LogP contribution is -2.24. The maximum Gasteiger partial charge on any atom is 0.411 e. The molecule has 0 radical (unpaired) electrons. The van der Waals surface area contributed by atoms with Crippen LogP contribution in [0.25, 0.3) is 11.3 Å². The standard InChI is InChI=1S/C17H22N4O2/c1-4-5-9-23-17(22)18-14-8-6-7-13-15-12(11-21(3)19-15)10-20(2)16(13)14/h6-8,11H,4-5,9-10H2,1-3H3,(H,18,22). The Morgan fingerprint density at radius 2 is 2.22 bits per heavy atom. The summed E-state index contributed by atoms with van der Waals surface area (Å²) in [6.45, 7) is 3.27. The molecule has 1 aromatic heterocycles. The fraction of sp³-hybridized carbons (Fsp3) is 0.412. The van der Waals surface area contributed by atoms with E-state index >= 15 is 0 Å². The maximum atomic E-state index is 12.0. The summed E-state index contributed by atoms with van der Waals surface area (Å²) in [6.07, 6.45) is 3.50. The Balaban J connectivity index is 1.88. The van der Waals surface area contributed by atoms with Crippen molar-refractivity contribution >= 4 is 17.5 Å². The lowest BCUT2D eigenvalue weighted by molar-refractivity contribution is 0.160. The predicted molar refractivity (Wildman–Crippen MR) is 90.6 cm³/mol. The van der Waals surface area contributed by atoms with Crippen molar-refractivity contribution in [2.75, 3.05) is 23.9 Å². The quantitative estimate of drug-likeness (QED) is 0.879. The van der Waals surface area contributed by atoms with Crippen LogP contribution >= 0.6 is 0 Å². The SMILES string of the molecule is CCCCOC(=O)Nc1cccc2c1N(C)Cc1cn(C)nc1-2. The normalized spacial score (nSPS) is 12.6. The Hall–Kier alpha value is -2.50. The number of rotatable bonds is 4. The molecular weight excluding hydrogens is 292 g/mol. The fourth-order valence-corrected chi connectivity index (χ4v) is 2.92. The van der Waals surface area contributed by atoms with Crippen LogP contribution in [0.15, 0.2) is 24.4 Å². The average Bonchev–Trinajstić information content (AvgIpc) is 2.88. The Morgan fingerprint density at radius 1 is 1.39 bits per heavy atom. The molecule has 1 aromatic carbocycles. The molecule has 6 heteroatoms. The first-order chi connectivity index (χ1) is 11.1. The number of ether oxygens (including phenoxy) is 1. The van der Waals surface area contributed by atoms with Crippen LogP contribution in [0.1, 0.15) is 25.3 Å². The van der Waals surface area contributed by atoms with E-state index in [1.54, 1.807) is 0 Å². The minimum absolute atomic E-state index is 0.410. The predicted octanol–water partition coefficient (Wildman–Crippen LogP) is 3.39. The minimum atomic E-state index is -0.410. The molecule has 1 aliphatic rings. The van der Waals surface area contributed by atoms with Gasteiger partial charge in [-0.15, -0.1) is 0 Å². The number of nitrogens with one attached hydrogen (secondary N) is 1. The molecule has 2 heterocycles. The first kappa shape index (κ1) is 15.4. The van der Waals surface area contributed by atoms with E-state index in [-0.39, 0.29) is 0 Å². The van der Waals surface area contributed by atoms with E-state index in [2.05, 4.69) is 22.2 Å². The summed E-state index contributed by atoms with van der Waals surface area (Å²) >= 11 is 0. The summed E-state index contributed by atoms with van der Waals surface area (Å²) in [4.78, 5) is 14.1. The summed E-state index contributed by atoms with van der Waals surface area (Å²) in [6, 6.07) is 5.85. The van der Waals surface area contributed by atoms with Gasteiger partial charge in [0, 0.05) is 38.0 Å². The van der Waals surface area contributed by atoms with Crippen LogP contribution in [-0.4, -0.2) is 29.5 Å². The summed E-state index contributed by atoms with van der Waals surface area (Å²) < 4.78 is 7.02. The number of para-hydroxylation sites is 1. The Kier molecular flexibility index (Phi) is 4.23. The Bertz CT molecular complexity index is 723. The highest BCUT2D eigenvalue weighted by molar-refractivity contribution is 5.96. The monoisotopic (exact) mass is 314 g/mol. The number of hydrogen-bond donors (Lipinski definition) is 1. The lowest BCUT2D eigenvalue weighted by Gasteiger charge is -2.29. The number of carbonyl (C=O) groups excluding carboxylic acids is 1. The molecule has 0 bridgehead atoms. The van der Waals surface area contributed by atoms with Crippen molar-refractivity contribution in [3.05, 3.63) is 30.0 Å². The number of aromatic nitrogens is 2. The first-order valence-corrected chi connectivity index (χ1v) is 7.91. The molecule has 6 nitrogen and oxygen atoms in total. The van der Waals surface area contributed by atoms with E-state index < -0.39 is 6.09 Å². The number of nitrogens with zero attached hydrogens (tertiary/aromatic N) is 3. The van der Waals surface area contributed by atoms with Gasteiger partial charge in [0.1, 0.15) is 0 Å². The van der Waals surface area contributed by atoms with Crippen LogP contribution in [-0.2, 0) is 18.3 Å². The van der Waals surface area contributed by atoms with E-state index in [9.17, 15) is 4.79 Å². The molecule has 0 atom stereocenters. The zero-order valence-electron chi connectivity index (χ0n) is 13.8. The van der Waals surface area contributed by atoms with Gasteiger partial charge in [-0.3, -0.25) is 10.00 Å². The van der Waals surface area contributed by atoms with Crippen molar-refractivity contribution in [1.82, 2.24) is 9.78 Å². The van der Waals surface area contributed by atoms with Crippen LogP contribution in [0.4, 0.5) is 16.2 Å². The molecule has 1 amide bonds. The minimum Gasteiger partial charge on any atom is -0.449 e. The van der Waals surface area contributed by atoms with E-state index in [1.807, 2.05) is 43.2 Å². The van der Waals surface area contributed by atoms with Crippen LogP contribution in [0, 0.1) is 0 Å². The van der Waals surface area contributed by atoms with Gasteiger partial charge in [-0.25, -0.2) is 4.79 Å². The van der Waals surface area contributed by atoms with Gasteiger partial charge in [-0.1, -0.05) is 25.5 Å². The van der Waals surface area contributed by atoms with Crippen LogP contribution in [0.3, 0.4) is 0 Å². The molecule has 0 saturated carbocycles. The summed E-state index contributed by atoms with van der Waals surface area (Å²) in [5.41, 5.74) is 4.92. The molecular formula is C17H22N4O2. The molecule has 3 rings (SSSR count). The van der Waals surface area contributed by atoms with Gasteiger partial charge in [0.2, 0.25) is 0 Å². The zero-order chi connectivity index (χ0) is 16.4. The van der Waals surface area contributed by atoms with Crippen molar-refractivity contribution in [1.29, 1.82) is 0 Å². The van der Waals surface area contributed by atoms with Gasteiger partial charge in [-0.05, 0) is 12.5 Å². The third-order valence-electron chi connectivity index (χ3n) is 3.95. The average molecular weight is 314 g/mol. The third kappa shape index (κ3) is 3.02. The Morgan fingerprint density at radius 3 is 3.00 bits per heavy atom.